The van der Waals surface area contributed by atoms with Crippen LogP contribution in [0.4, 0.5) is 0 Å². The van der Waals surface area contributed by atoms with E-state index in [4.69, 9.17) is 0 Å². The average Bonchev–Trinajstić information content (AvgIpc) is 1.88. The fourth-order valence-electron chi connectivity index (χ4n) is 0.793. The molecule has 0 aliphatic rings. The third-order valence-corrected chi connectivity index (χ3v) is 1.90. The topological polar surface area (TPSA) is 20.2 Å². The molecule has 1 N–H and O–H groups in total. The molecular weight excluding hydrogens is 264 g/mol. The fraction of sp³-hybridized carbons (Fsp3) is 0.667. The smallest absolute Gasteiger partial charge is 0 e. The largest absolute Gasteiger partial charge is 0 e. The summed E-state index contributed by atoms with van der Waals surface area (Å²) in [5, 5.41) is 9.56. The molecule has 0 aromatic rings. The van der Waals surface area contributed by atoms with Crippen LogP contribution in [0.15, 0.2) is 11.3 Å². The second kappa shape index (κ2) is 7.50. The Kier molecular flexibility index (Phi) is 9.72. The van der Waals surface area contributed by atoms with E-state index < -0.39 is 0 Å². The Hall–Kier alpha value is 1.10. The van der Waals surface area contributed by atoms with Crippen LogP contribution in [0.5, 0.6) is 0 Å². The first-order valence-corrected chi connectivity index (χ1v) is 4.53. The number of hydrogen-bond donors (Lipinski definition) is 1. The number of aliphatic hydroxyl groups excluding tert-OH is 1. The van der Waals surface area contributed by atoms with Crippen molar-refractivity contribution in [1.29, 1.82) is 0 Å². The molecule has 0 unspecified atom stereocenters. The predicted molar refractivity (Wildman–Crippen MR) is 44.3 cm³/mol. The number of rotatable bonds is 3. The van der Waals surface area contributed by atoms with Crippen molar-refractivity contribution in [3.63, 3.8) is 0 Å². The van der Waals surface area contributed by atoms with Crippen molar-refractivity contribution in [3.05, 3.63) is 11.3 Å². The molecule has 0 rings (SSSR count). The maximum Gasteiger partial charge on any atom is 0 e. The minimum absolute atomic E-state index is 0. The van der Waals surface area contributed by atoms with Crippen LogP contribution in [0.2, 0.25) is 0 Å². The maximum absolute atomic E-state index is 9.56. The van der Waals surface area contributed by atoms with Crippen molar-refractivity contribution < 1.29 is 54.8 Å². The van der Waals surface area contributed by atoms with Crippen LogP contribution in [0, 0.1) is 11.8 Å². The first-order valence-electron chi connectivity index (χ1n) is 3.83. The van der Waals surface area contributed by atoms with Gasteiger partial charge in [0, 0.05) is 32.7 Å². The van der Waals surface area contributed by atoms with E-state index in [1.54, 1.807) is 0 Å². The summed E-state index contributed by atoms with van der Waals surface area (Å²) in [5.74, 6) is 1.00. The zero-order chi connectivity index (χ0) is 9.02. The van der Waals surface area contributed by atoms with Crippen molar-refractivity contribution in [2.75, 3.05) is 0 Å². The van der Waals surface area contributed by atoms with Gasteiger partial charge in [0.25, 0.3) is 0 Å². The zero-order valence-corrected chi connectivity index (χ0v) is 12.4. The monoisotopic (exact) mass is 279 g/mol. The summed E-state index contributed by atoms with van der Waals surface area (Å²) in [6.07, 6.45) is 0. The predicted octanol–water partition coefficient (Wildman–Crippen LogP) is 2.33. The van der Waals surface area contributed by atoms with Crippen molar-refractivity contribution in [1.82, 2.24) is 0 Å². The van der Waals surface area contributed by atoms with E-state index in [0.29, 0.717) is 11.7 Å². The third-order valence-electron chi connectivity index (χ3n) is 1.52. The van der Waals surface area contributed by atoms with Crippen LogP contribution in [0.3, 0.4) is 0 Å². The average molecular weight is 279 g/mol. The summed E-state index contributed by atoms with van der Waals surface area (Å²) < 4.78 is 2.95. The summed E-state index contributed by atoms with van der Waals surface area (Å²) in [6, 6.07) is 0. The van der Waals surface area contributed by atoms with Gasteiger partial charge in [-0.05, 0) is 0 Å². The molecule has 12 heavy (non-hydrogen) atoms. The van der Waals surface area contributed by atoms with Gasteiger partial charge in [0.1, 0.15) is 0 Å². The Labute approximate surface area is 109 Å². The molecule has 0 aromatic heterocycles. The van der Waals surface area contributed by atoms with Gasteiger partial charge in [-0.15, -0.1) is 0 Å². The first kappa shape index (κ1) is 15.6. The molecule has 0 atom stereocenters. The Balaban J connectivity index is 0. The molecule has 66 valence electrons. The molecule has 0 bridgehead atoms. The SMILES string of the molecule is CC(C)/C(O)=C(/[C-]=[V])C(C)C.[Y]. The summed E-state index contributed by atoms with van der Waals surface area (Å²) in [5.41, 5.74) is 0.917. The molecule has 3 heteroatoms. The van der Waals surface area contributed by atoms with Gasteiger partial charge in [0.05, 0.1) is 0 Å². The van der Waals surface area contributed by atoms with Gasteiger partial charge in [-0.3, -0.25) is 0 Å². The van der Waals surface area contributed by atoms with Crippen molar-refractivity contribution >= 4 is 4.73 Å². The van der Waals surface area contributed by atoms with Gasteiger partial charge in [-0.1, -0.05) is 0 Å². The Morgan fingerprint density at radius 1 is 1.17 bits per heavy atom. The second-order valence-electron chi connectivity index (χ2n) is 3.22. The number of aliphatic hydroxyl groups is 1. The molecular formula is C9H15OVY-. The van der Waals surface area contributed by atoms with E-state index in [9.17, 15) is 5.11 Å². The zero-order valence-electron chi connectivity index (χ0n) is 8.13. The molecule has 0 fully saturated rings. The maximum atomic E-state index is 9.56. The first-order chi connectivity index (χ1) is 5.00. The molecule has 1 radical (unpaired) electrons. The van der Waals surface area contributed by atoms with E-state index >= 15 is 0 Å². The third kappa shape index (κ3) is 4.96. The van der Waals surface area contributed by atoms with E-state index in [-0.39, 0.29) is 38.6 Å². The van der Waals surface area contributed by atoms with Gasteiger partial charge in [-0.25, -0.2) is 0 Å². The molecule has 1 nitrogen and oxygen atoms in total. The van der Waals surface area contributed by atoms with Gasteiger partial charge < -0.3 is 0 Å². The van der Waals surface area contributed by atoms with Gasteiger partial charge in [0.2, 0.25) is 0 Å². The molecule has 0 spiro atoms. The molecule has 0 aromatic carbocycles. The van der Waals surface area contributed by atoms with Crippen LogP contribution >= 0.6 is 0 Å². The van der Waals surface area contributed by atoms with Crippen molar-refractivity contribution in [2.24, 2.45) is 11.8 Å². The Morgan fingerprint density at radius 2 is 1.58 bits per heavy atom. The fourth-order valence-corrected chi connectivity index (χ4v) is 1.38. The van der Waals surface area contributed by atoms with E-state index in [2.05, 4.69) is 21.7 Å². The second-order valence-corrected chi connectivity index (χ2v) is 3.57. The van der Waals surface area contributed by atoms with Gasteiger partial charge in [0.15, 0.2) is 0 Å². The van der Waals surface area contributed by atoms with Gasteiger partial charge >= 0.3 is 77.7 Å². The minimum Gasteiger partial charge on any atom is 0 e. The quantitative estimate of drug-likeness (QED) is 0.621. The standard InChI is InChI=1S/C9H15O.V.Y/c1-6(2)8(5)9(10)7(3)4;;/h6-7,10H,1-4H3;;/q-1;;/b9-8+;;. The van der Waals surface area contributed by atoms with Crippen molar-refractivity contribution in [3.8, 4) is 0 Å². The van der Waals surface area contributed by atoms with Crippen LogP contribution in [0.25, 0.3) is 0 Å². The Morgan fingerprint density at radius 3 is 1.67 bits per heavy atom. The van der Waals surface area contributed by atoms with Gasteiger partial charge in [-0.2, -0.15) is 0 Å². The van der Waals surface area contributed by atoms with E-state index in [1.165, 1.54) is 0 Å². The summed E-state index contributed by atoms with van der Waals surface area (Å²) in [4.78, 5) is 0. The minimum atomic E-state index is 0. The molecule has 0 heterocycles. The number of allylic oxidation sites excluding steroid dienone is 2. The Bertz CT molecular complexity index is 173. The molecule has 0 amide bonds. The summed E-state index contributed by atoms with van der Waals surface area (Å²) >= 11 is 2.27. The normalized spacial score (nSPS) is 12.4. The van der Waals surface area contributed by atoms with Crippen LogP contribution in [-0.2, 0) is 49.7 Å². The van der Waals surface area contributed by atoms with Crippen LogP contribution in [0.1, 0.15) is 27.7 Å². The molecule has 0 aliphatic carbocycles. The molecule has 0 saturated heterocycles. The molecule has 0 saturated carbocycles. The summed E-state index contributed by atoms with van der Waals surface area (Å²) in [7, 11) is 0. The van der Waals surface area contributed by atoms with Crippen LogP contribution in [-0.4, -0.2) is 9.84 Å². The van der Waals surface area contributed by atoms with E-state index in [1.807, 2.05) is 27.7 Å². The summed E-state index contributed by atoms with van der Waals surface area (Å²) in [6.45, 7) is 8.05. The van der Waals surface area contributed by atoms with Crippen LogP contribution < -0.4 is 0 Å². The van der Waals surface area contributed by atoms with Crippen molar-refractivity contribution in [2.45, 2.75) is 27.7 Å². The van der Waals surface area contributed by atoms with E-state index in [0.717, 1.165) is 5.57 Å². The molecule has 0 aliphatic heterocycles. The number of hydrogen-bond acceptors (Lipinski definition) is 1.